The highest BCUT2D eigenvalue weighted by Crippen LogP contribution is 2.09. The van der Waals surface area contributed by atoms with Gasteiger partial charge in [0.05, 0.1) is 0 Å². The van der Waals surface area contributed by atoms with Crippen LogP contribution in [0.15, 0.2) is 59.7 Å². The molecule has 26 heavy (non-hydrogen) atoms. The molecule has 5 nitrogen and oxygen atoms in total. The molecule has 0 bridgehead atoms. The van der Waals surface area contributed by atoms with Gasteiger partial charge in [-0.05, 0) is 49.6 Å². The zero-order valence-corrected chi connectivity index (χ0v) is 14.7. The smallest absolute Gasteiger partial charge is 0.240 e. The van der Waals surface area contributed by atoms with Crippen molar-refractivity contribution in [3.8, 4) is 0 Å². The van der Waals surface area contributed by atoms with Crippen LogP contribution >= 0.6 is 0 Å². The minimum absolute atomic E-state index is 0.0296. The second kappa shape index (κ2) is 10.1. The zero-order valence-electron chi connectivity index (χ0n) is 14.7. The van der Waals surface area contributed by atoms with Gasteiger partial charge in [0.15, 0.2) is 0 Å². The summed E-state index contributed by atoms with van der Waals surface area (Å²) in [7, 11) is 0. The van der Waals surface area contributed by atoms with Crippen molar-refractivity contribution < 1.29 is 14.0 Å². The molecule has 0 aromatic heterocycles. The van der Waals surface area contributed by atoms with Crippen molar-refractivity contribution in [2.75, 3.05) is 5.32 Å². The predicted molar refractivity (Wildman–Crippen MR) is 100 cm³/mol. The van der Waals surface area contributed by atoms with Crippen molar-refractivity contribution in [1.29, 1.82) is 0 Å². The van der Waals surface area contributed by atoms with Crippen molar-refractivity contribution in [3.63, 3.8) is 0 Å². The lowest BCUT2D eigenvalue weighted by atomic mass is 10.1. The number of anilines is 1. The molecule has 0 aliphatic carbocycles. The second-order valence-corrected chi connectivity index (χ2v) is 5.92. The summed E-state index contributed by atoms with van der Waals surface area (Å²) >= 11 is 0. The molecule has 0 aliphatic rings. The Hall–Kier alpha value is -3.02. The van der Waals surface area contributed by atoms with Gasteiger partial charge in [-0.1, -0.05) is 30.3 Å². The fourth-order valence-corrected chi connectivity index (χ4v) is 2.22. The molecular weight excluding hydrogens is 333 g/mol. The Morgan fingerprint density at radius 1 is 0.923 bits per heavy atom. The summed E-state index contributed by atoms with van der Waals surface area (Å²) in [6.45, 7) is 1.85. The van der Waals surface area contributed by atoms with E-state index in [0.717, 1.165) is 18.6 Å². The van der Waals surface area contributed by atoms with Gasteiger partial charge in [0.25, 0.3) is 0 Å². The van der Waals surface area contributed by atoms with Crippen LogP contribution in [0.2, 0.25) is 0 Å². The maximum Gasteiger partial charge on any atom is 0.240 e. The normalized spacial score (nSPS) is 11.1. The summed E-state index contributed by atoms with van der Waals surface area (Å²) in [4.78, 5) is 23.6. The molecule has 0 saturated heterocycles. The van der Waals surface area contributed by atoms with Crippen molar-refractivity contribution >= 4 is 23.2 Å². The zero-order chi connectivity index (χ0) is 18.8. The van der Waals surface area contributed by atoms with Gasteiger partial charge in [0, 0.05) is 24.2 Å². The molecule has 2 N–H and O–H groups in total. The van der Waals surface area contributed by atoms with E-state index in [1.54, 1.807) is 0 Å². The van der Waals surface area contributed by atoms with Crippen LogP contribution in [0.5, 0.6) is 0 Å². The lowest BCUT2D eigenvalue weighted by Gasteiger charge is -2.05. The Labute approximate surface area is 152 Å². The molecule has 136 valence electrons. The van der Waals surface area contributed by atoms with Crippen LogP contribution in [0.4, 0.5) is 10.1 Å². The van der Waals surface area contributed by atoms with Crippen molar-refractivity contribution in [2.45, 2.75) is 32.6 Å². The molecule has 6 heteroatoms. The number of hydrogen-bond acceptors (Lipinski definition) is 3. The largest absolute Gasteiger partial charge is 0.326 e. The first kappa shape index (κ1) is 19.3. The van der Waals surface area contributed by atoms with Crippen LogP contribution in [0, 0.1) is 5.82 Å². The topological polar surface area (TPSA) is 70.6 Å². The third-order valence-electron chi connectivity index (χ3n) is 3.70. The lowest BCUT2D eigenvalue weighted by molar-refractivity contribution is -0.124. The summed E-state index contributed by atoms with van der Waals surface area (Å²) in [5, 5.41) is 6.66. The first-order chi connectivity index (χ1) is 12.5. The van der Waals surface area contributed by atoms with E-state index in [-0.39, 0.29) is 30.5 Å². The number of carbonyl (C=O) groups excluding carboxylic acids is 2. The second-order valence-electron chi connectivity index (χ2n) is 5.92. The average molecular weight is 355 g/mol. The summed E-state index contributed by atoms with van der Waals surface area (Å²) < 4.78 is 12.8. The molecule has 0 aliphatic heterocycles. The minimum atomic E-state index is -0.372. The summed E-state index contributed by atoms with van der Waals surface area (Å²) in [6, 6.07) is 15.5. The van der Waals surface area contributed by atoms with E-state index in [1.165, 1.54) is 29.8 Å². The number of benzene rings is 2. The molecule has 2 aromatic carbocycles. The number of nitrogens with one attached hydrogen (secondary N) is 2. The summed E-state index contributed by atoms with van der Waals surface area (Å²) in [5.41, 5.74) is 4.99. The van der Waals surface area contributed by atoms with E-state index in [2.05, 4.69) is 15.8 Å². The van der Waals surface area contributed by atoms with Crippen LogP contribution in [-0.2, 0) is 16.0 Å². The van der Waals surface area contributed by atoms with Gasteiger partial charge >= 0.3 is 0 Å². The fourth-order valence-electron chi connectivity index (χ4n) is 2.22. The Bertz CT molecular complexity index is 758. The number of hydrazone groups is 1. The first-order valence-corrected chi connectivity index (χ1v) is 8.44. The molecule has 2 rings (SSSR count). The van der Waals surface area contributed by atoms with Gasteiger partial charge < -0.3 is 5.32 Å². The highest BCUT2D eigenvalue weighted by Gasteiger charge is 2.07. The number of hydrogen-bond donors (Lipinski definition) is 2. The number of rotatable bonds is 8. The van der Waals surface area contributed by atoms with E-state index in [0.29, 0.717) is 5.69 Å². The van der Waals surface area contributed by atoms with Crippen molar-refractivity contribution in [2.24, 2.45) is 5.10 Å². The lowest BCUT2D eigenvalue weighted by Crippen LogP contribution is -2.21. The third-order valence-corrected chi connectivity index (χ3v) is 3.70. The Balaban J connectivity index is 1.67. The highest BCUT2D eigenvalue weighted by molar-refractivity contribution is 5.93. The van der Waals surface area contributed by atoms with E-state index >= 15 is 0 Å². The number of carbonyl (C=O) groups is 2. The number of nitrogens with zero attached hydrogens (tertiary/aromatic N) is 1. The van der Waals surface area contributed by atoms with Crippen molar-refractivity contribution in [1.82, 2.24) is 5.43 Å². The van der Waals surface area contributed by atoms with E-state index in [4.69, 9.17) is 0 Å². The van der Waals surface area contributed by atoms with Gasteiger partial charge in [0.2, 0.25) is 11.8 Å². The van der Waals surface area contributed by atoms with Crippen molar-refractivity contribution in [3.05, 3.63) is 66.0 Å². The number of amides is 2. The predicted octanol–water partition coefficient (Wildman–Crippen LogP) is 3.67. The standard InChI is InChI=1S/C20H22FN3O2/c1-15(7-8-16-5-3-2-4-6-16)23-24-20(26)14-13-19(25)22-18-11-9-17(21)10-12-18/h2-6,9-12H,7-8,13-14H2,1H3,(H,22,25)(H,24,26)/b23-15+. The maximum absolute atomic E-state index is 12.8. The van der Waals surface area contributed by atoms with Gasteiger partial charge in [-0.3, -0.25) is 9.59 Å². The third kappa shape index (κ3) is 7.25. The van der Waals surface area contributed by atoms with E-state index in [9.17, 15) is 14.0 Å². The van der Waals surface area contributed by atoms with Gasteiger partial charge in [0.1, 0.15) is 5.82 Å². The molecule has 2 amide bonds. The highest BCUT2D eigenvalue weighted by atomic mass is 19.1. The Kier molecular flexibility index (Phi) is 7.49. The minimum Gasteiger partial charge on any atom is -0.326 e. The molecule has 0 radical (unpaired) electrons. The number of halogens is 1. The summed E-state index contributed by atoms with van der Waals surface area (Å²) in [6.07, 6.45) is 1.66. The van der Waals surface area contributed by atoms with Crippen LogP contribution in [-0.4, -0.2) is 17.5 Å². The van der Waals surface area contributed by atoms with Gasteiger partial charge in [-0.2, -0.15) is 5.10 Å². The maximum atomic E-state index is 12.8. The molecule has 0 atom stereocenters. The van der Waals surface area contributed by atoms with Gasteiger partial charge in [-0.15, -0.1) is 0 Å². The molecule has 0 spiro atoms. The quantitative estimate of drug-likeness (QED) is 0.560. The molecule has 0 unspecified atom stereocenters. The average Bonchev–Trinajstić information content (AvgIpc) is 2.65. The van der Waals surface area contributed by atoms with Crippen LogP contribution < -0.4 is 10.7 Å². The van der Waals surface area contributed by atoms with Gasteiger partial charge in [-0.25, -0.2) is 9.82 Å². The molecular formula is C20H22FN3O2. The molecule has 0 fully saturated rings. The number of aryl methyl sites for hydroxylation is 1. The Morgan fingerprint density at radius 3 is 2.27 bits per heavy atom. The summed E-state index contributed by atoms with van der Waals surface area (Å²) in [5.74, 6) is -1.00. The van der Waals surface area contributed by atoms with Crippen LogP contribution in [0.1, 0.15) is 31.7 Å². The van der Waals surface area contributed by atoms with E-state index < -0.39 is 0 Å². The van der Waals surface area contributed by atoms with Crippen LogP contribution in [0.3, 0.4) is 0 Å². The molecule has 2 aromatic rings. The fraction of sp³-hybridized carbons (Fsp3) is 0.250. The van der Waals surface area contributed by atoms with Crippen LogP contribution in [0.25, 0.3) is 0 Å². The Morgan fingerprint density at radius 2 is 1.58 bits per heavy atom. The molecule has 0 saturated carbocycles. The van der Waals surface area contributed by atoms with E-state index in [1.807, 2.05) is 37.3 Å². The first-order valence-electron chi connectivity index (χ1n) is 8.44. The monoisotopic (exact) mass is 355 g/mol. The molecule has 0 heterocycles. The SMILES string of the molecule is C/C(CCc1ccccc1)=N\NC(=O)CCC(=O)Nc1ccc(F)cc1.